The zero-order valence-electron chi connectivity index (χ0n) is 15.3. The first-order valence-corrected chi connectivity index (χ1v) is 10.3. The largest absolute Gasteiger partial charge is 0.280 e. The molecule has 0 aliphatic rings. The number of thiazole rings is 1. The zero-order chi connectivity index (χ0) is 21.1. The highest BCUT2D eigenvalue weighted by atomic mass is 79.9. The normalized spacial score (nSPS) is 11.0. The fraction of sp³-hybridized carbons (Fsp3) is 0. The summed E-state index contributed by atoms with van der Waals surface area (Å²) in [4.78, 5) is 17.6. The molecule has 8 heteroatoms. The topological polar surface area (TPSA) is 69.3 Å². The average Bonchev–Trinajstić information content (AvgIpc) is 3.18. The number of rotatable bonds is 4. The Bertz CT molecular complexity index is 1290. The van der Waals surface area contributed by atoms with Gasteiger partial charge < -0.3 is 0 Å². The lowest BCUT2D eigenvalue weighted by atomic mass is 10.1. The van der Waals surface area contributed by atoms with E-state index < -0.39 is 5.91 Å². The van der Waals surface area contributed by atoms with Crippen LogP contribution in [0.4, 0.5) is 9.52 Å². The van der Waals surface area contributed by atoms with E-state index in [0.29, 0.717) is 26.5 Å². The fourth-order valence-corrected chi connectivity index (χ4v) is 3.86. The van der Waals surface area contributed by atoms with Crippen LogP contribution in [0.3, 0.4) is 0 Å². The van der Waals surface area contributed by atoms with Gasteiger partial charge in [0, 0.05) is 10.0 Å². The molecule has 0 saturated carbocycles. The number of hydrazone groups is 1. The Morgan fingerprint density at radius 2 is 1.87 bits per heavy atom. The van der Waals surface area contributed by atoms with E-state index in [2.05, 4.69) is 26.0 Å². The number of aromatic nitrogens is 1. The van der Waals surface area contributed by atoms with Crippen LogP contribution in [-0.2, 0) is 0 Å². The van der Waals surface area contributed by atoms with Gasteiger partial charge in [0.15, 0.2) is 0 Å². The predicted molar refractivity (Wildman–Crippen MR) is 119 cm³/mol. The molecule has 0 spiro atoms. The van der Waals surface area contributed by atoms with Crippen molar-refractivity contribution in [1.29, 1.82) is 5.26 Å². The Kier molecular flexibility index (Phi) is 5.65. The molecule has 3 aromatic carbocycles. The molecule has 4 aromatic rings. The van der Waals surface area contributed by atoms with Gasteiger partial charge in [-0.2, -0.15) is 15.4 Å². The van der Waals surface area contributed by atoms with E-state index in [0.717, 1.165) is 10.0 Å². The maximum atomic E-state index is 13.6. The number of hydrogen-bond donors (Lipinski definition) is 0. The van der Waals surface area contributed by atoms with Gasteiger partial charge in [0.25, 0.3) is 5.91 Å². The van der Waals surface area contributed by atoms with Gasteiger partial charge in [-0.25, -0.2) is 9.37 Å². The van der Waals surface area contributed by atoms with Crippen molar-refractivity contribution < 1.29 is 9.18 Å². The Hall–Kier alpha value is -3.41. The van der Waals surface area contributed by atoms with Crippen molar-refractivity contribution >= 4 is 54.7 Å². The number of nitrogens with zero attached hydrogens (tertiary/aromatic N) is 4. The van der Waals surface area contributed by atoms with Crippen LogP contribution in [0, 0.1) is 17.1 Å². The lowest BCUT2D eigenvalue weighted by Gasteiger charge is -2.14. The summed E-state index contributed by atoms with van der Waals surface area (Å²) in [5, 5.41) is 14.8. The van der Waals surface area contributed by atoms with E-state index in [-0.39, 0.29) is 5.82 Å². The van der Waals surface area contributed by atoms with Crippen LogP contribution in [-0.4, -0.2) is 17.1 Å². The van der Waals surface area contributed by atoms with Gasteiger partial charge in [-0.1, -0.05) is 39.4 Å². The van der Waals surface area contributed by atoms with Gasteiger partial charge in [0.1, 0.15) is 5.82 Å². The predicted octanol–water partition coefficient (Wildman–Crippen LogP) is 5.75. The van der Waals surface area contributed by atoms with Gasteiger partial charge >= 0.3 is 0 Å². The van der Waals surface area contributed by atoms with Gasteiger partial charge in [0.05, 0.1) is 28.1 Å². The first-order valence-electron chi connectivity index (χ1n) is 8.74. The highest BCUT2D eigenvalue weighted by molar-refractivity contribution is 9.10. The molecule has 1 heterocycles. The molecule has 0 N–H and O–H groups in total. The van der Waals surface area contributed by atoms with Crippen LogP contribution >= 0.6 is 27.3 Å². The Labute approximate surface area is 183 Å². The monoisotopic (exact) mass is 478 g/mol. The third-order valence-electron chi connectivity index (χ3n) is 4.17. The molecule has 146 valence electrons. The molecule has 1 amide bonds. The smallest absolute Gasteiger partial charge is 0.267 e. The van der Waals surface area contributed by atoms with E-state index in [4.69, 9.17) is 5.26 Å². The van der Waals surface area contributed by atoms with E-state index in [9.17, 15) is 9.18 Å². The van der Waals surface area contributed by atoms with Crippen LogP contribution in [0.1, 0.15) is 21.5 Å². The highest BCUT2D eigenvalue weighted by Crippen LogP contribution is 2.30. The standard InChI is InChI=1S/C22H12BrFN4OS/c23-17-7-3-15(4-8-17)13-26-28(21(29)16-5-1-14(12-25)2-6-16)22-27-19-10-9-18(24)11-20(19)30-22/h1-11,13H/b26-13+. The van der Waals surface area contributed by atoms with Gasteiger partial charge in [-0.15, -0.1) is 0 Å². The number of halogens is 2. The molecule has 1 aromatic heterocycles. The summed E-state index contributed by atoms with van der Waals surface area (Å²) in [7, 11) is 0. The Balaban J connectivity index is 1.75. The number of amides is 1. The minimum Gasteiger partial charge on any atom is -0.267 e. The molecule has 0 saturated heterocycles. The number of carbonyl (C=O) groups is 1. The van der Waals surface area contributed by atoms with Crippen molar-refractivity contribution in [2.45, 2.75) is 0 Å². The van der Waals surface area contributed by atoms with Gasteiger partial charge in [-0.05, 0) is 60.2 Å². The van der Waals surface area contributed by atoms with E-state index in [1.165, 1.54) is 28.5 Å². The van der Waals surface area contributed by atoms with Crippen LogP contribution in [0.15, 0.2) is 76.3 Å². The lowest BCUT2D eigenvalue weighted by molar-refractivity contribution is 0.0988. The summed E-state index contributed by atoms with van der Waals surface area (Å²) in [6.45, 7) is 0. The maximum Gasteiger partial charge on any atom is 0.280 e. The van der Waals surface area contributed by atoms with Crippen molar-refractivity contribution in [3.8, 4) is 6.07 Å². The summed E-state index contributed by atoms with van der Waals surface area (Å²) < 4.78 is 15.1. The number of benzene rings is 3. The second-order valence-electron chi connectivity index (χ2n) is 6.21. The second kappa shape index (κ2) is 8.53. The van der Waals surface area contributed by atoms with Crippen LogP contribution in [0.25, 0.3) is 10.2 Å². The first-order chi connectivity index (χ1) is 14.5. The molecule has 4 rings (SSSR count). The molecule has 0 unspecified atom stereocenters. The van der Waals surface area contributed by atoms with E-state index >= 15 is 0 Å². The number of anilines is 1. The van der Waals surface area contributed by atoms with E-state index in [1.54, 1.807) is 36.5 Å². The van der Waals surface area contributed by atoms with Gasteiger partial charge in [0.2, 0.25) is 5.13 Å². The summed E-state index contributed by atoms with van der Waals surface area (Å²) in [5.74, 6) is -0.784. The van der Waals surface area contributed by atoms with Crippen LogP contribution < -0.4 is 5.01 Å². The molecule has 0 aliphatic carbocycles. The SMILES string of the molecule is N#Cc1ccc(C(=O)N(/N=C/c2ccc(Br)cc2)c2nc3ccc(F)cc3s2)cc1. The van der Waals surface area contributed by atoms with E-state index in [1.807, 2.05) is 30.3 Å². The summed E-state index contributed by atoms with van der Waals surface area (Å²) in [5.41, 5.74) is 2.18. The number of nitriles is 1. The number of fused-ring (bicyclic) bond motifs is 1. The highest BCUT2D eigenvalue weighted by Gasteiger charge is 2.21. The minimum atomic E-state index is -0.410. The van der Waals surface area contributed by atoms with Crippen molar-refractivity contribution in [2.24, 2.45) is 5.10 Å². The van der Waals surface area contributed by atoms with Crippen LogP contribution in [0.2, 0.25) is 0 Å². The number of carbonyl (C=O) groups excluding carboxylic acids is 1. The zero-order valence-corrected chi connectivity index (χ0v) is 17.7. The molecule has 0 atom stereocenters. The number of hydrogen-bond acceptors (Lipinski definition) is 5. The Morgan fingerprint density at radius 1 is 1.13 bits per heavy atom. The van der Waals surface area contributed by atoms with Crippen molar-refractivity contribution in [3.05, 3.63) is 93.7 Å². The second-order valence-corrected chi connectivity index (χ2v) is 8.14. The summed E-state index contributed by atoms with van der Waals surface area (Å²) in [6.07, 6.45) is 1.56. The third-order valence-corrected chi connectivity index (χ3v) is 5.69. The van der Waals surface area contributed by atoms with Crippen molar-refractivity contribution in [3.63, 3.8) is 0 Å². The Morgan fingerprint density at radius 3 is 2.57 bits per heavy atom. The molecular formula is C22H12BrFN4OS. The molecule has 0 fully saturated rings. The fourth-order valence-electron chi connectivity index (χ4n) is 2.65. The molecule has 0 aliphatic heterocycles. The molecule has 5 nitrogen and oxygen atoms in total. The average molecular weight is 479 g/mol. The lowest BCUT2D eigenvalue weighted by Crippen LogP contribution is -2.25. The molecule has 0 radical (unpaired) electrons. The summed E-state index contributed by atoms with van der Waals surface area (Å²) in [6, 6.07) is 20.0. The van der Waals surface area contributed by atoms with Crippen molar-refractivity contribution in [1.82, 2.24) is 4.98 Å². The minimum absolute atomic E-state index is 0.318. The van der Waals surface area contributed by atoms with Crippen LogP contribution in [0.5, 0.6) is 0 Å². The van der Waals surface area contributed by atoms with Crippen molar-refractivity contribution in [2.75, 3.05) is 5.01 Å². The molecule has 0 bridgehead atoms. The summed E-state index contributed by atoms with van der Waals surface area (Å²) >= 11 is 4.55. The maximum absolute atomic E-state index is 13.6. The van der Waals surface area contributed by atoms with Gasteiger partial charge in [-0.3, -0.25) is 4.79 Å². The quantitative estimate of drug-likeness (QED) is 0.277. The third kappa shape index (κ3) is 4.27. The molecule has 30 heavy (non-hydrogen) atoms. The molecular weight excluding hydrogens is 467 g/mol. The first kappa shape index (κ1) is 19.9.